The number of hydrogen-bond acceptors (Lipinski definition) is 3. The molecule has 0 aliphatic carbocycles. The molecular formula is C12H10F3N5O. The van der Waals surface area contributed by atoms with Gasteiger partial charge in [0.05, 0.1) is 19.3 Å². The molecule has 2 aromatic rings. The maximum absolute atomic E-state index is 12.6. The molecule has 0 radical (unpaired) electrons. The summed E-state index contributed by atoms with van der Waals surface area (Å²) < 4.78 is 43.9. The Hall–Kier alpha value is -2.67. The number of hydrogen-bond donors (Lipinski definition) is 0. The third kappa shape index (κ3) is 3.26. The molecule has 110 valence electrons. The quantitative estimate of drug-likeness (QED) is 0.490. The van der Waals surface area contributed by atoms with Gasteiger partial charge in [-0.2, -0.15) is 18.3 Å². The minimum Gasteiger partial charge on any atom is -0.497 e. The maximum atomic E-state index is 12.6. The second-order valence-electron chi connectivity index (χ2n) is 4.03. The Labute approximate surface area is 117 Å². The fourth-order valence-electron chi connectivity index (χ4n) is 1.76. The molecule has 1 aromatic carbocycles. The van der Waals surface area contributed by atoms with Crippen molar-refractivity contribution in [2.24, 2.45) is 5.11 Å². The van der Waals surface area contributed by atoms with Gasteiger partial charge < -0.3 is 4.74 Å². The number of methoxy groups -OCH3 is 1. The number of alkyl halides is 3. The SMILES string of the molecule is COc1ccc(-n2ccc(C(F)(F)F)n2)c(CN=[N+]=[N-])c1. The third-order valence-corrected chi connectivity index (χ3v) is 2.72. The molecule has 0 amide bonds. The van der Waals surface area contributed by atoms with Crippen LogP contribution in [0.2, 0.25) is 0 Å². The number of rotatable bonds is 4. The fraction of sp³-hybridized carbons (Fsp3) is 0.250. The first-order chi connectivity index (χ1) is 9.95. The summed E-state index contributed by atoms with van der Waals surface area (Å²) in [5, 5.41) is 6.91. The molecule has 0 N–H and O–H groups in total. The monoisotopic (exact) mass is 297 g/mol. The number of azide groups is 1. The van der Waals surface area contributed by atoms with Crippen molar-refractivity contribution >= 4 is 0 Å². The number of nitrogens with zero attached hydrogens (tertiary/aromatic N) is 5. The van der Waals surface area contributed by atoms with Crippen LogP contribution in [0.25, 0.3) is 16.1 Å². The molecule has 1 aromatic heterocycles. The average molecular weight is 297 g/mol. The zero-order valence-corrected chi connectivity index (χ0v) is 10.9. The van der Waals surface area contributed by atoms with Crippen molar-refractivity contribution in [3.8, 4) is 11.4 Å². The van der Waals surface area contributed by atoms with Gasteiger partial charge in [-0.3, -0.25) is 0 Å². The van der Waals surface area contributed by atoms with E-state index in [2.05, 4.69) is 15.1 Å². The summed E-state index contributed by atoms with van der Waals surface area (Å²) in [6.45, 7) is -0.0236. The molecule has 0 atom stereocenters. The Kier molecular flexibility index (Phi) is 4.04. The Morgan fingerprint density at radius 3 is 2.71 bits per heavy atom. The molecule has 2 rings (SSSR count). The molecule has 1 heterocycles. The lowest BCUT2D eigenvalue weighted by atomic mass is 10.1. The summed E-state index contributed by atoms with van der Waals surface area (Å²) in [4.78, 5) is 2.64. The molecule has 0 saturated carbocycles. The smallest absolute Gasteiger partial charge is 0.435 e. The highest BCUT2D eigenvalue weighted by Gasteiger charge is 2.33. The van der Waals surface area contributed by atoms with Gasteiger partial charge in [-0.1, -0.05) is 5.11 Å². The van der Waals surface area contributed by atoms with Crippen molar-refractivity contribution in [3.05, 3.63) is 52.2 Å². The van der Waals surface area contributed by atoms with Gasteiger partial charge in [-0.15, -0.1) is 0 Å². The summed E-state index contributed by atoms with van der Waals surface area (Å²) in [7, 11) is 1.46. The minimum absolute atomic E-state index is 0.0236. The largest absolute Gasteiger partial charge is 0.497 e. The predicted molar refractivity (Wildman–Crippen MR) is 68.0 cm³/mol. The van der Waals surface area contributed by atoms with Gasteiger partial charge in [0.25, 0.3) is 0 Å². The van der Waals surface area contributed by atoms with Crippen LogP contribution >= 0.6 is 0 Å². The van der Waals surface area contributed by atoms with Crippen LogP contribution in [-0.4, -0.2) is 16.9 Å². The van der Waals surface area contributed by atoms with Crippen molar-refractivity contribution in [2.75, 3.05) is 7.11 Å². The van der Waals surface area contributed by atoms with Crippen molar-refractivity contribution < 1.29 is 17.9 Å². The number of halogens is 3. The van der Waals surface area contributed by atoms with E-state index in [9.17, 15) is 13.2 Å². The van der Waals surface area contributed by atoms with E-state index in [1.165, 1.54) is 13.3 Å². The van der Waals surface area contributed by atoms with Crippen LogP contribution in [0.1, 0.15) is 11.3 Å². The Morgan fingerprint density at radius 2 is 2.14 bits per heavy atom. The van der Waals surface area contributed by atoms with Crippen LogP contribution in [0.15, 0.2) is 35.6 Å². The molecule has 0 aliphatic rings. The molecular weight excluding hydrogens is 287 g/mol. The number of benzene rings is 1. The van der Waals surface area contributed by atoms with E-state index in [0.29, 0.717) is 17.0 Å². The second-order valence-corrected chi connectivity index (χ2v) is 4.03. The molecule has 0 fully saturated rings. The van der Waals surface area contributed by atoms with Crippen LogP contribution < -0.4 is 4.74 Å². The molecule has 0 unspecified atom stereocenters. The van der Waals surface area contributed by atoms with Crippen LogP contribution in [0, 0.1) is 0 Å². The number of ether oxygens (including phenoxy) is 1. The van der Waals surface area contributed by atoms with E-state index in [1.54, 1.807) is 18.2 Å². The van der Waals surface area contributed by atoms with Gasteiger partial charge in [0.2, 0.25) is 0 Å². The predicted octanol–water partition coefficient (Wildman–Crippen LogP) is 3.71. The van der Waals surface area contributed by atoms with Crippen molar-refractivity contribution in [1.29, 1.82) is 0 Å². The van der Waals surface area contributed by atoms with E-state index in [-0.39, 0.29) is 6.54 Å². The van der Waals surface area contributed by atoms with Gasteiger partial charge >= 0.3 is 6.18 Å². The van der Waals surface area contributed by atoms with Crippen LogP contribution in [0.4, 0.5) is 13.2 Å². The van der Waals surface area contributed by atoms with E-state index in [1.807, 2.05) is 0 Å². The first kappa shape index (κ1) is 14.7. The van der Waals surface area contributed by atoms with Gasteiger partial charge in [0.1, 0.15) is 5.75 Å². The second kappa shape index (κ2) is 5.76. The first-order valence-corrected chi connectivity index (χ1v) is 5.76. The maximum Gasteiger partial charge on any atom is 0.435 e. The molecule has 0 spiro atoms. The van der Waals surface area contributed by atoms with Gasteiger partial charge in [-0.25, -0.2) is 4.68 Å². The molecule has 21 heavy (non-hydrogen) atoms. The standard InChI is InChI=1S/C12H10F3N5O/c1-21-9-2-3-10(8(6-9)7-17-19-16)20-5-4-11(18-20)12(13,14)15/h2-6H,7H2,1H3. The lowest BCUT2D eigenvalue weighted by Gasteiger charge is -2.10. The Morgan fingerprint density at radius 1 is 1.38 bits per heavy atom. The lowest BCUT2D eigenvalue weighted by molar-refractivity contribution is -0.141. The summed E-state index contributed by atoms with van der Waals surface area (Å²) in [5.74, 6) is 0.505. The van der Waals surface area contributed by atoms with E-state index in [4.69, 9.17) is 10.3 Å². The van der Waals surface area contributed by atoms with Gasteiger partial charge in [0, 0.05) is 11.1 Å². The molecule has 0 bridgehead atoms. The summed E-state index contributed by atoms with van der Waals surface area (Å²) >= 11 is 0. The zero-order valence-electron chi connectivity index (χ0n) is 10.9. The minimum atomic E-state index is -4.51. The van der Waals surface area contributed by atoms with Gasteiger partial charge in [-0.05, 0) is 35.4 Å². The van der Waals surface area contributed by atoms with Crippen molar-refractivity contribution in [1.82, 2.24) is 9.78 Å². The first-order valence-electron chi connectivity index (χ1n) is 5.76. The van der Waals surface area contributed by atoms with Crippen molar-refractivity contribution in [2.45, 2.75) is 12.7 Å². The van der Waals surface area contributed by atoms with E-state index >= 15 is 0 Å². The van der Waals surface area contributed by atoms with E-state index < -0.39 is 11.9 Å². The fourth-order valence-corrected chi connectivity index (χ4v) is 1.76. The average Bonchev–Trinajstić information content (AvgIpc) is 2.94. The molecule has 6 nitrogen and oxygen atoms in total. The summed E-state index contributed by atoms with van der Waals surface area (Å²) in [6.07, 6.45) is -3.31. The normalized spacial score (nSPS) is 11.0. The highest BCUT2D eigenvalue weighted by atomic mass is 19.4. The molecule has 0 aliphatic heterocycles. The topological polar surface area (TPSA) is 75.8 Å². The Balaban J connectivity index is 2.47. The summed E-state index contributed by atoms with van der Waals surface area (Å²) in [6, 6.07) is 5.60. The molecule has 9 heteroatoms. The van der Waals surface area contributed by atoms with Crippen LogP contribution in [0.3, 0.4) is 0 Å². The molecule has 0 saturated heterocycles. The highest BCUT2D eigenvalue weighted by Crippen LogP contribution is 2.29. The van der Waals surface area contributed by atoms with Crippen LogP contribution in [-0.2, 0) is 12.7 Å². The zero-order chi connectivity index (χ0) is 15.5. The summed E-state index contributed by atoms with van der Waals surface area (Å²) in [5.41, 5.74) is 8.28. The van der Waals surface area contributed by atoms with Gasteiger partial charge in [0.15, 0.2) is 5.69 Å². The van der Waals surface area contributed by atoms with Crippen molar-refractivity contribution in [3.63, 3.8) is 0 Å². The highest BCUT2D eigenvalue weighted by molar-refractivity contribution is 5.45. The lowest BCUT2D eigenvalue weighted by Crippen LogP contribution is -2.08. The Bertz CT molecular complexity index is 688. The van der Waals surface area contributed by atoms with Crippen LogP contribution in [0.5, 0.6) is 5.75 Å². The third-order valence-electron chi connectivity index (χ3n) is 2.72. The number of aromatic nitrogens is 2. The van der Waals surface area contributed by atoms with E-state index in [0.717, 1.165) is 10.7 Å².